The van der Waals surface area contributed by atoms with Gasteiger partial charge < -0.3 is 9.47 Å². The number of hydrogen-bond acceptors (Lipinski definition) is 2. The van der Waals surface area contributed by atoms with Gasteiger partial charge in [-0.2, -0.15) is 0 Å². The van der Waals surface area contributed by atoms with E-state index in [9.17, 15) is 0 Å². The maximum Gasteiger partial charge on any atom is 0.190 e. The van der Waals surface area contributed by atoms with Crippen molar-refractivity contribution in [3.63, 3.8) is 0 Å². The lowest BCUT2D eigenvalue weighted by Crippen LogP contribution is -2.30. The molecule has 1 fully saturated rings. The Labute approximate surface area is 68.2 Å². The zero-order valence-corrected chi connectivity index (χ0v) is 7.35. The summed E-state index contributed by atoms with van der Waals surface area (Å²) in [6.45, 7) is 9.36. The summed E-state index contributed by atoms with van der Waals surface area (Å²) in [6.07, 6.45) is 1.98. The molecule has 0 unspecified atom stereocenters. The highest BCUT2D eigenvalue weighted by Crippen LogP contribution is 2.31. The van der Waals surface area contributed by atoms with Crippen LogP contribution in [0.1, 0.15) is 26.7 Å². The molecule has 1 aliphatic heterocycles. The van der Waals surface area contributed by atoms with Crippen molar-refractivity contribution in [2.45, 2.75) is 32.5 Å². The van der Waals surface area contributed by atoms with E-state index in [4.69, 9.17) is 9.47 Å². The van der Waals surface area contributed by atoms with Gasteiger partial charge in [0.25, 0.3) is 0 Å². The van der Waals surface area contributed by atoms with E-state index >= 15 is 0 Å². The summed E-state index contributed by atoms with van der Waals surface area (Å²) in [6, 6.07) is 0. The smallest absolute Gasteiger partial charge is 0.190 e. The van der Waals surface area contributed by atoms with Crippen LogP contribution in [0.2, 0.25) is 0 Å². The lowest BCUT2D eigenvalue weighted by Gasteiger charge is -2.27. The van der Waals surface area contributed by atoms with E-state index in [1.165, 1.54) is 0 Å². The predicted molar refractivity (Wildman–Crippen MR) is 44.4 cm³/mol. The molecule has 1 rings (SSSR count). The summed E-state index contributed by atoms with van der Waals surface area (Å²) < 4.78 is 11.0. The lowest BCUT2D eigenvalue weighted by molar-refractivity contribution is -0.130. The Morgan fingerprint density at radius 1 is 1.45 bits per heavy atom. The molecule has 0 aliphatic carbocycles. The van der Waals surface area contributed by atoms with Gasteiger partial charge in [-0.05, 0) is 12.5 Å². The maximum absolute atomic E-state index is 5.52. The molecule has 0 saturated carbocycles. The Balaban J connectivity index is 2.62. The van der Waals surface area contributed by atoms with Gasteiger partial charge >= 0.3 is 0 Å². The normalized spacial score (nSPS) is 22.0. The van der Waals surface area contributed by atoms with Crippen LogP contribution in [0.3, 0.4) is 0 Å². The minimum atomic E-state index is -0.450. The molecule has 2 nitrogen and oxygen atoms in total. The van der Waals surface area contributed by atoms with Crippen LogP contribution in [-0.4, -0.2) is 19.0 Å². The molecule has 0 bridgehead atoms. The molecule has 2 heteroatoms. The Morgan fingerprint density at radius 2 is 2.00 bits per heavy atom. The summed E-state index contributed by atoms with van der Waals surface area (Å²) in [5.74, 6) is -0.450. The van der Waals surface area contributed by atoms with Crippen LogP contribution in [0.5, 0.6) is 0 Å². The van der Waals surface area contributed by atoms with Crippen LogP contribution in [0.15, 0.2) is 12.2 Å². The van der Waals surface area contributed by atoms with Gasteiger partial charge in [0, 0.05) is 6.42 Å². The van der Waals surface area contributed by atoms with Crippen LogP contribution in [-0.2, 0) is 9.47 Å². The Hall–Kier alpha value is -0.340. The first-order chi connectivity index (χ1) is 5.21. The second-order valence-electron chi connectivity index (χ2n) is 2.98. The SMILES string of the molecule is C=C(C)C1(CCC)OCCO1. The molecule has 0 aromatic heterocycles. The number of rotatable bonds is 3. The monoisotopic (exact) mass is 156 g/mol. The fourth-order valence-electron chi connectivity index (χ4n) is 1.39. The third kappa shape index (κ3) is 1.63. The first-order valence-corrected chi connectivity index (χ1v) is 4.15. The Bertz CT molecular complexity index is 146. The van der Waals surface area contributed by atoms with Gasteiger partial charge in [0.15, 0.2) is 5.79 Å². The zero-order chi connectivity index (χ0) is 8.32. The van der Waals surface area contributed by atoms with Crippen molar-refractivity contribution in [3.8, 4) is 0 Å². The zero-order valence-electron chi connectivity index (χ0n) is 7.35. The van der Waals surface area contributed by atoms with Crippen molar-refractivity contribution in [2.24, 2.45) is 0 Å². The Kier molecular flexibility index (Phi) is 2.68. The van der Waals surface area contributed by atoms with Crippen molar-refractivity contribution >= 4 is 0 Å². The van der Waals surface area contributed by atoms with Crippen LogP contribution < -0.4 is 0 Å². The second kappa shape index (κ2) is 3.37. The van der Waals surface area contributed by atoms with E-state index in [0.29, 0.717) is 13.2 Å². The number of ether oxygens (including phenoxy) is 2. The van der Waals surface area contributed by atoms with E-state index in [2.05, 4.69) is 13.5 Å². The predicted octanol–water partition coefficient (Wildman–Crippen LogP) is 2.11. The standard InChI is InChI=1S/C9H16O2/c1-4-5-9(8(2)3)10-6-7-11-9/h2,4-7H2,1,3H3. The number of hydrogen-bond donors (Lipinski definition) is 0. The van der Waals surface area contributed by atoms with Crippen LogP contribution in [0.25, 0.3) is 0 Å². The van der Waals surface area contributed by atoms with Gasteiger partial charge in [-0.25, -0.2) is 0 Å². The molecule has 64 valence electrons. The molecular weight excluding hydrogens is 140 g/mol. The first kappa shape index (κ1) is 8.75. The first-order valence-electron chi connectivity index (χ1n) is 4.15. The van der Waals surface area contributed by atoms with Crippen LogP contribution in [0.4, 0.5) is 0 Å². The molecule has 0 aromatic rings. The molecule has 0 spiro atoms. The van der Waals surface area contributed by atoms with Gasteiger partial charge in [-0.15, -0.1) is 0 Å². The van der Waals surface area contributed by atoms with Crippen LogP contribution in [0, 0.1) is 0 Å². The molecule has 0 radical (unpaired) electrons. The summed E-state index contributed by atoms with van der Waals surface area (Å²) in [5.41, 5.74) is 0.983. The third-order valence-corrected chi connectivity index (χ3v) is 1.98. The highest BCUT2D eigenvalue weighted by Gasteiger charge is 2.36. The quantitative estimate of drug-likeness (QED) is 0.582. The van der Waals surface area contributed by atoms with Gasteiger partial charge in [0.2, 0.25) is 0 Å². The summed E-state index contributed by atoms with van der Waals surface area (Å²) in [4.78, 5) is 0. The van der Waals surface area contributed by atoms with E-state index in [1.807, 2.05) is 6.92 Å². The van der Waals surface area contributed by atoms with Crippen molar-refractivity contribution in [1.29, 1.82) is 0 Å². The van der Waals surface area contributed by atoms with Gasteiger partial charge in [0.1, 0.15) is 0 Å². The molecule has 1 saturated heterocycles. The van der Waals surface area contributed by atoms with Crippen molar-refractivity contribution in [3.05, 3.63) is 12.2 Å². The maximum atomic E-state index is 5.52. The average Bonchev–Trinajstić information content (AvgIpc) is 2.38. The van der Waals surface area contributed by atoms with Gasteiger partial charge in [-0.1, -0.05) is 19.9 Å². The largest absolute Gasteiger partial charge is 0.344 e. The molecule has 0 atom stereocenters. The molecule has 0 N–H and O–H groups in total. The summed E-state index contributed by atoms with van der Waals surface area (Å²) >= 11 is 0. The fraction of sp³-hybridized carbons (Fsp3) is 0.778. The molecule has 0 aromatic carbocycles. The van der Waals surface area contributed by atoms with Gasteiger partial charge in [0.05, 0.1) is 13.2 Å². The average molecular weight is 156 g/mol. The van der Waals surface area contributed by atoms with Gasteiger partial charge in [-0.3, -0.25) is 0 Å². The third-order valence-electron chi connectivity index (χ3n) is 1.98. The van der Waals surface area contributed by atoms with Crippen molar-refractivity contribution in [2.75, 3.05) is 13.2 Å². The summed E-state index contributed by atoms with van der Waals surface area (Å²) in [7, 11) is 0. The van der Waals surface area contributed by atoms with Crippen molar-refractivity contribution < 1.29 is 9.47 Å². The van der Waals surface area contributed by atoms with E-state index < -0.39 is 5.79 Å². The molecule has 1 aliphatic rings. The minimum absolute atomic E-state index is 0.450. The summed E-state index contributed by atoms with van der Waals surface area (Å²) in [5, 5.41) is 0. The minimum Gasteiger partial charge on any atom is -0.344 e. The highest BCUT2D eigenvalue weighted by molar-refractivity contribution is 5.06. The highest BCUT2D eigenvalue weighted by atomic mass is 16.7. The Morgan fingerprint density at radius 3 is 2.36 bits per heavy atom. The lowest BCUT2D eigenvalue weighted by atomic mass is 10.0. The van der Waals surface area contributed by atoms with Crippen molar-refractivity contribution in [1.82, 2.24) is 0 Å². The second-order valence-corrected chi connectivity index (χ2v) is 2.98. The molecule has 0 amide bonds. The molecular formula is C9H16O2. The van der Waals surface area contributed by atoms with Crippen LogP contribution >= 0.6 is 0 Å². The molecule has 11 heavy (non-hydrogen) atoms. The van der Waals surface area contributed by atoms with E-state index in [1.54, 1.807) is 0 Å². The van der Waals surface area contributed by atoms with E-state index in [-0.39, 0.29) is 0 Å². The molecule has 1 heterocycles. The fourth-order valence-corrected chi connectivity index (χ4v) is 1.39. The topological polar surface area (TPSA) is 18.5 Å². The van der Waals surface area contributed by atoms with E-state index in [0.717, 1.165) is 18.4 Å².